The quantitative estimate of drug-likeness (QED) is 0.843. The molecule has 2 aliphatic heterocycles. The van der Waals surface area contributed by atoms with Crippen LogP contribution in [0.2, 0.25) is 0 Å². The van der Waals surface area contributed by atoms with Crippen molar-refractivity contribution >= 4 is 18.3 Å². The van der Waals surface area contributed by atoms with Gasteiger partial charge in [-0.05, 0) is 55.8 Å². The van der Waals surface area contributed by atoms with Crippen LogP contribution in [0.4, 0.5) is 13.2 Å². The van der Waals surface area contributed by atoms with Crippen molar-refractivity contribution < 1.29 is 18.0 Å². The minimum absolute atomic E-state index is 0. The van der Waals surface area contributed by atoms with Gasteiger partial charge in [0.05, 0.1) is 11.5 Å². The smallest absolute Gasteiger partial charge is 0.342 e. The van der Waals surface area contributed by atoms with Gasteiger partial charge in [-0.1, -0.05) is 25.1 Å². The van der Waals surface area contributed by atoms with E-state index < -0.39 is 17.7 Å². The lowest BCUT2D eigenvalue weighted by atomic mass is 9.92. The average molecular weight is 391 g/mol. The van der Waals surface area contributed by atoms with Crippen LogP contribution in [0.1, 0.15) is 43.2 Å². The summed E-state index contributed by atoms with van der Waals surface area (Å²) in [5.74, 6) is 0.700. The van der Waals surface area contributed by atoms with Crippen molar-refractivity contribution in [2.45, 2.75) is 38.3 Å². The third-order valence-electron chi connectivity index (χ3n) is 5.65. The van der Waals surface area contributed by atoms with E-state index in [0.29, 0.717) is 36.9 Å². The van der Waals surface area contributed by atoms with Crippen LogP contribution in [0, 0.1) is 11.8 Å². The molecule has 1 aromatic carbocycles. The topological polar surface area (TPSA) is 32.3 Å². The molecule has 3 nitrogen and oxygen atoms in total. The molecule has 0 saturated carbocycles. The summed E-state index contributed by atoms with van der Waals surface area (Å²) in [4.78, 5) is 14.9. The molecule has 146 valence electrons. The molecule has 0 aromatic heterocycles. The first-order valence-corrected chi connectivity index (χ1v) is 9.06. The predicted octanol–water partition coefficient (Wildman–Crippen LogP) is 4.08. The number of rotatable bonds is 3. The van der Waals surface area contributed by atoms with Gasteiger partial charge in [-0.2, -0.15) is 13.2 Å². The molecule has 3 atom stereocenters. The van der Waals surface area contributed by atoms with Crippen molar-refractivity contribution in [2.24, 2.45) is 11.8 Å². The highest BCUT2D eigenvalue weighted by molar-refractivity contribution is 5.85. The molecule has 2 heterocycles. The molecule has 1 N–H and O–H groups in total. The summed E-state index contributed by atoms with van der Waals surface area (Å²) in [6.07, 6.45) is -1.93. The van der Waals surface area contributed by atoms with Gasteiger partial charge in [0.1, 0.15) is 0 Å². The highest BCUT2D eigenvalue weighted by Gasteiger charge is 2.35. The molecule has 1 unspecified atom stereocenters. The van der Waals surface area contributed by atoms with Crippen LogP contribution in [0.5, 0.6) is 0 Å². The maximum absolute atomic E-state index is 13.0. The largest absolute Gasteiger partial charge is 0.416 e. The van der Waals surface area contributed by atoms with Crippen molar-refractivity contribution in [1.29, 1.82) is 0 Å². The van der Waals surface area contributed by atoms with E-state index >= 15 is 0 Å². The summed E-state index contributed by atoms with van der Waals surface area (Å²) in [5, 5.41) is 3.41. The van der Waals surface area contributed by atoms with Crippen LogP contribution in [0.15, 0.2) is 24.3 Å². The predicted molar refractivity (Wildman–Crippen MR) is 97.4 cm³/mol. The molecule has 2 aliphatic rings. The first-order chi connectivity index (χ1) is 11.9. The highest BCUT2D eigenvalue weighted by atomic mass is 35.5. The second kappa shape index (κ2) is 8.61. The van der Waals surface area contributed by atoms with E-state index in [1.54, 1.807) is 6.07 Å². The zero-order valence-electron chi connectivity index (χ0n) is 14.9. The van der Waals surface area contributed by atoms with Crippen LogP contribution in [-0.4, -0.2) is 37.0 Å². The van der Waals surface area contributed by atoms with Gasteiger partial charge in [0.15, 0.2) is 0 Å². The van der Waals surface area contributed by atoms with E-state index in [1.165, 1.54) is 6.07 Å². The second-order valence-corrected chi connectivity index (χ2v) is 7.17. The van der Waals surface area contributed by atoms with Gasteiger partial charge in [0, 0.05) is 13.1 Å². The maximum Gasteiger partial charge on any atom is 0.416 e. The van der Waals surface area contributed by atoms with Gasteiger partial charge in [-0.15, -0.1) is 12.4 Å². The lowest BCUT2D eigenvalue weighted by Crippen LogP contribution is -2.36. The van der Waals surface area contributed by atoms with Crippen molar-refractivity contribution in [3.05, 3.63) is 35.4 Å². The summed E-state index contributed by atoms with van der Waals surface area (Å²) in [5.41, 5.74) is -0.221. The van der Waals surface area contributed by atoms with Gasteiger partial charge in [-0.25, -0.2) is 0 Å². The summed E-state index contributed by atoms with van der Waals surface area (Å²) in [6, 6.07) is 5.22. The Morgan fingerprint density at radius 2 is 1.85 bits per heavy atom. The zero-order valence-corrected chi connectivity index (χ0v) is 15.7. The van der Waals surface area contributed by atoms with E-state index in [0.717, 1.165) is 38.1 Å². The van der Waals surface area contributed by atoms with Crippen molar-refractivity contribution in [3.63, 3.8) is 0 Å². The summed E-state index contributed by atoms with van der Waals surface area (Å²) in [6.45, 7) is 5.29. The molecule has 0 radical (unpaired) electrons. The Balaban J connectivity index is 0.00000243. The Labute approximate surface area is 158 Å². The first kappa shape index (κ1) is 21.0. The molecular weight excluding hydrogens is 365 g/mol. The van der Waals surface area contributed by atoms with Gasteiger partial charge >= 0.3 is 6.18 Å². The van der Waals surface area contributed by atoms with Crippen LogP contribution >= 0.6 is 12.4 Å². The van der Waals surface area contributed by atoms with E-state index in [-0.39, 0.29) is 18.3 Å². The number of nitrogens with zero attached hydrogens (tertiary/aromatic N) is 1. The Bertz CT molecular complexity index is 609. The Morgan fingerprint density at radius 3 is 2.38 bits per heavy atom. The molecule has 7 heteroatoms. The maximum atomic E-state index is 13.0. The molecule has 0 aliphatic carbocycles. The third kappa shape index (κ3) is 4.52. The first-order valence-electron chi connectivity index (χ1n) is 9.06. The molecule has 0 bridgehead atoms. The second-order valence-electron chi connectivity index (χ2n) is 7.17. The number of carbonyl (C=O) groups is 1. The zero-order chi connectivity index (χ0) is 18.0. The van der Waals surface area contributed by atoms with Crippen molar-refractivity contribution in [1.82, 2.24) is 10.2 Å². The van der Waals surface area contributed by atoms with Gasteiger partial charge in [0.25, 0.3) is 0 Å². The monoisotopic (exact) mass is 390 g/mol. The number of carbonyl (C=O) groups excluding carboxylic acids is 1. The fraction of sp³-hybridized carbons (Fsp3) is 0.632. The van der Waals surface area contributed by atoms with E-state index in [1.807, 2.05) is 11.8 Å². The molecule has 1 aromatic rings. The fourth-order valence-electron chi connectivity index (χ4n) is 4.14. The average Bonchev–Trinajstić information content (AvgIpc) is 2.93. The van der Waals surface area contributed by atoms with Crippen LogP contribution in [-0.2, 0) is 11.0 Å². The van der Waals surface area contributed by atoms with Crippen molar-refractivity contribution in [2.75, 3.05) is 26.2 Å². The Morgan fingerprint density at radius 1 is 1.23 bits per heavy atom. The number of alkyl halides is 3. The molecule has 2 saturated heterocycles. The lowest BCUT2D eigenvalue weighted by molar-refractivity contribution is -0.138. The normalized spacial score (nSPS) is 24.4. The van der Waals surface area contributed by atoms with Crippen LogP contribution < -0.4 is 5.32 Å². The van der Waals surface area contributed by atoms with Crippen LogP contribution in [0.25, 0.3) is 0 Å². The number of benzene rings is 1. The number of hydrogen-bond acceptors (Lipinski definition) is 2. The summed E-state index contributed by atoms with van der Waals surface area (Å²) in [7, 11) is 0. The van der Waals surface area contributed by atoms with Gasteiger partial charge in [-0.3, -0.25) is 4.79 Å². The lowest BCUT2D eigenvalue weighted by Gasteiger charge is -2.26. The Kier molecular flexibility index (Phi) is 6.97. The number of nitrogens with one attached hydrogen (secondary N) is 1. The van der Waals surface area contributed by atoms with Gasteiger partial charge in [0.2, 0.25) is 5.91 Å². The number of amides is 1. The molecule has 2 fully saturated rings. The van der Waals surface area contributed by atoms with E-state index in [9.17, 15) is 18.0 Å². The number of halogens is 4. The summed E-state index contributed by atoms with van der Waals surface area (Å²) >= 11 is 0. The minimum atomic E-state index is -4.38. The molecular formula is C19H26ClF3N2O. The standard InChI is InChI=1S/C19H25F3N2O.ClH/c1-2-17(13-4-3-5-16(10-13)19(20,21)22)18(25)24-8-6-14-11-23-12-15(14)7-9-24;/h3-5,10,14-15,17,23H,2,6-9,11-12H2,1H3;1H/t14-,15+,17?;. The van der Waals surface area contributed by atoms with Crippen LogP contribution in [0.3, 0.4) is 0 Å². The third-order valence-corrected chi connectivity index (χ3v) is 5.65. The molecule has 3 rings (SSSR count). The minimum Gasteiger partial charge on any atom is -0.342 e. The summed E-state index contributed by atoms with van der Waals surface area (Å²) < 4.78 is 38.9. The van der Waals surface area contributed by atoms with Crippen molar-refractivity contribution in [3.8, 4) is 0 Å². The van der Waals surface area contributed by atoms with E-state index in [4.69, 9.17) is 0 Å². The highest BCUT2D eigenvalue weighted by Crippen LogP contribution is 2.33. The fourth-order valence-corrected chi connectivity index (χ4v) is 4.14. The van der Waals surface area contributed by atoms with E-state index in [2.05, 4.69) is 5.32 Å². The molecule has 0 spiro atoms. The number of fused-ring (bicyclic) bond motifs is 1. The number of hydrogen-bond donors (Lipinski definition) is 1. The Hall–Kier alpha value is -1.27. The number of likely N-dealkylation sites (tertiary alicyclic amines) is 1. The van der Waals surface area contributed by atoms with Gasteiger partial charge < -0.3 is 10.2 Å². The molecule has 1 amide bonds. The SMILES string of the molecule is CCC(C(=O)N1CC[C@@H]2CNC[C@@H]2CC1)c1cccc(C(F)(F)F)c1.Cl. The molecule has 26 heavy (non-hydrogen) atoms.